The zero-order valence-electron chi connectivity index (χ0n) is 17.2. The molecule has 1 aliphatic rings. The van der Waals surface area contributed by atoms with Gasteiger partial charge in [-0.15, -0.1) is 0 Å². The van der Waals surface area contributed by atoms with Gasteiger partial charge in [0, 0.05) is 0 Å². The van der Waals surface area contributed by atoms with E-state index in [2.05, 4.69) is 21.2 Å². The molecule has 2 aromatic rings. The van der Waals surface area contributed by atoms with Crippen molar-refractivity contribution >= 4 is 56.5 Å². The van der Waals surface area contributed by atoms with Crippen molar-refractivity contribution in [3.63, 3.8) is 0 Å². The fraction of sp³-hybridized carbons (Fsp3) is 0.190. The number of nitrogens with one attached hydrogen (secondary N) is 1. The second-order valence-corrected chi connectivity index (χ2v) is 8.47. The lowest BCUT2D eigenvalue weighted by atomic mass is 10.1. The number of ether oxygens (including phenoxy) is 2. The van der Waals surface area contributed by atoms with Gasteiger partial charge in [0.15, 0.2) is 0 Å². The highest BCUT2D eigenvalue weighted by Crippen LogP contribution is 2.36. The van der Waals surface area contributed by atoms with Crippen molar-refractivity contribution in [2.45, 2.75) is 6.18 Å². The van der Waals surface area contributed by atoms with Gasteiger partial charge in [-0.1, -0.05) is 6.07 Å². The van der Waals surface area contributed by atoms with E-state index >= 15 is 0 Å². The minimum absolute atomic E-state index is 0.00420. The number of imide groups is 1. The fourth-order valence-electron chi connectivity index (χ4n) is 2.88. The first-order chi connectivity index (χ1) is 15.5. The molecule has 0 saturated carbocycles. The van der Waals surface area contributed by atoms with E-state index in [0.717, 1.165) is 12.1 Å². The molecule has 0 atom stereocenters. The summed E-state index contributed by atoms with van der Waals surface area (Å²) < 4.78 is 49.7. The summed E-state index contributed by atoms with van der Waals surface area (Å²) in [5.74, 6) is -0.969. The van der Waals surface area contributed by atoms with E-state index in [0.29, 0.717) is 38.5 Å². The fourth-order valence-corrected chi connectivity index (χ4v) is 4.27. The smallest absolute Gasteiger partial charge is 0.416 e. The van der Waals surface area contributed by atoms with Gasteiger partial charge < -0.3 is 14.8 Å². The van der Waals surface area contributed by atoms with Gasteiger partial charge in [0.05, 0.1) is 34.8 Å². The summed E-state index contributed by atoms with van der Waals surface area (Å²) in [6.45, 7) is -0.673. The number of anilines is 1. The van der Waals surface area contributed by atoms with Crippen LogP contribution in [0.1, 0.15) is 11.1 Å². The molecule has 1 heterocycles. The number of amides is 3. The number of alkyl halides is 3. The third kappa shape index (κ3) is 5.69. The first-order valence-electron chi connectivity index (χ1n) is 9.17. The van der Waals surface area contributed by atoms with Crippen LogP contribution in [0.5, 0.6) is 11.5 Å². The summed E-state index contributed by atoms with van der Waals surface area (Å²) >= 11 is 3.98. The van der Waals surface area contributed by atoms with Gasteiger partial charge in [-0.2, -0.15) is 13.2 Å². The Morgan fingerprint density at radius 3 is 2.39 bits per heavy atom. The number of rotatable bonds is 6. The van der Waals surface area contributed by atoms with Crippen LogP contribution in [0.2, 0.25) is 0 Å². The topological polar surface area (TPSA) is 84.9 Å². The zero-order valence-corrected chi connectivity index (χ0v) is 19.6. The minimum Gasteiger partial charge on any atom is -0.496 e. The van der Waals surface area contributed by atoms with Gasteiger partial charge in [0.25, 0.3) is 11.1 Å². The van der Waals surface area contributed by atoms with Crippen molar-refractivity contribution in [2.24, 2.45) is 0 Å². The lowest BCUT2D eigenvalue weighted by Gasteiger charge is -2.16. The Morgan fingerprint density at radius 1 is 1.12 bits per heavy atom. The molecule has 0 bridgehead atoms. The third-order valence-electron chi connectivity index (χ3n) is 4.45. The molecule has 12 heteroatoms. The molecular formula is C21H16BrF3N2O5S. The predicted molar refractivity (Wildman–Crippen MR) is 120 cm³/mol. The van der Waals surface area contributed by atoms with Gasteiger partial charge in [0.2, 0.25) is 5.91 Å². The summed E-state index contributed by atoms with van der Waals surface area (Å²) in [4.78, 5) is 38.2. The van der Waals surface area contributed by atoms with Gasteiger partial charge in [-0.3, -0.25) is 19.3 Å². The van der Waals surface area contributed by atoms with E-state index in [9.17, 15) is 27.6 Å². The number of carbonyl (C=O) groups is 3. The van der Waals surface area contributed by atoms with Crippen LogP contribution in [-0.4, -0.2) is 42.7 Å². The molecule has 1 aliphatic heterocycles. The second kappa shape index (κ2) is 9.87. The predicted octanol–water partition coefficient (Wildman–Crippen LogP) is 5.16. The zero-order chi connectivity index (χ0) is 24.3. The molecule has 2 aromatic carbocycles. The molecule has 0 radical (unpaired) electrons. The molecule has 1 fully saturated rings. The first-order valence-corrected chi connectivity index (χ1v) is 10.8. The molecule has 0 aromatic heterocycles. The second-order valence-electron chi connectivity index (χ2n) is 6.62. The van der Waals surface area contributed by atoms with Crippen molar-refractivity contribution in [3.8, 4) is 11.5 Å². The number of hydrogen-bond acceptors (Lipinski definition) is 6. The van der Waals surface area contributed by atoms with E-state index in [1.54, 1.807) is 18.2 Å². The number of nitrogens with zero attached hydrogens (tertiary/aromatic N) is 1. The SMILES string of the molecule is COc1ccc(/C=C2\SC(=O)N(CC(=O)Nc3cc(C(F)(F)F)ccc3OC)C2=O)cc1Br. The first kappa shape index (κ1) is 24.6. The number of hydrogen-bond donors (Lipinski definition) is 1. The molecular weight excluding hydrogens is 529 g/mol. The summed E-state index contributed by atoms with van der Waals surface area (Å²) in [6, 6.07) is 7.65. The highest BCUT2D eigenvalue weighted by Gasteiger charge is 2.37. The highest BCUT2D eigenvalue weighted by molar-refractivity contribution is 9.10. The normalized spacial score (nSPS) is 15.2. The molecule has 1 N–H and O–H groups in total. The number of thioether (sulfide) groups is 1. The van der Waals surface area contributed by atoms with Crippen LogP contribution in [0.25, 0.3) is 6.08 Å². The van der Waals surface area contributed by atoms with E-state index in [-0.39, 0.29) is 16.3 Å². The van der Waals surface area contributed by atoms with Gasteiger partial charge in [0.1, 0.15) is 18.0 Å². The van der Waals surface area contributed by atoms with Crippen LogP contribution >= 0.6 is 27.7 Å². The van der Waals surface area contributed by atoms with Gasteiger partial charge in [-0.25, -0.2) is 0 Å². The monoisotopic (exact) mass is 544 g/mol. The minimum atomic E-state index is -4.63. The van der Waals surface area contributed by atoms with Gasteiger partial charge in [-0.05, 0) is 69.7 Å². The van der Waals surface area contributed by atoms with Crippen LogP contribution in [0.4, 0.5) is 23.7 Å². The third-order valence-corrected chi connectivity index (χ3v) is 5.98. The average molecular weight is 545 g/mol. The Balaban J connectivity index is 1.75. The Morgan fingerprint density at radius 2 is 1.79 bits per heavy atom. The number of benzene rings is 2. The summed E-state index contributed by atoms with van der Waals surface area (Å²) in [5.41, 5.74) is -0.604. The molecule has 0 unspecified atom stereocenters. The number of carbonyl (C=O) groups excluding carboxylic acids is 3. The van der Waals surface area contributed by atoms with E-state index in [4.69, 9.17) is 9.47 Å². The largest absolute Gasteiger partial charge is 0.496 e. The quantitative estimate of drug-likeness (QED) is 0.505. The van der Waals surface area contributed by atoms with Crippen LogP contribution in [0.15, 0.2) is 45.8 Å². The lowest BCUT2D eigenvalue weighted by molar-refractivity contribution is -0.137. The lowest BCUT2D eigenvalue weighted by Crippen LogP contribution is -2.36. The molecule has 33 heavy (non-hydrogen) atoms. The van der Waals surface area contributed by atoms with Crippen LogP contribution in [0, 0.1) is 0 Å². The summed E-state index contributed by atoms with van der Waals surface area (Å²) in [7, 11) is 2.74. The Kier molecular flexibility index (Phi) is 7.38. The summed E-state index contributed by atoms with van der Waals surface area (Å²) in [5, 5.41) is 1.59. The van der Waals surface area contributed by atoms with Crippen molar-refractivity contribution in [1.29, 1.82) is 0 Å². The van der Waals surface area contributed by atoms with Crippen molar-refractivity contribution in [2.75, 3.05) is 26.1 Å². The Bertz CT molecular complexity index is 1150. The van der Waals surface area contributed by atoms with Crippen LogP contribution in [-0.2, 0) is 15.8 Å². The number of methoxy groups -OCH3 is 2. The number of halogens is 4. The van der Waals surface area contributed by atoms with Crippen molar-refractivity contribution in [1.82, 2.24) is 4.90 Å². The maximum Gasteiger partial charge on any atom is 0.416 e. The molecule has 174 valence electrons. The maximum atomic E-state index is 13.0. The standard InChI is InChI=1S/C21H16BrF3N2O5S/c1-31-15-5-3-11(7-13(15)22)8-17-19(29)27(20(30)33-17)10-18(28)26-14-9-12(21(23,24)25)4-6-16(14)32-2/h3-9H,10H2,1-2H3,(H,26,28)/b17-8-. The van der Waals surface area contributed by atoms with Crippen LogP contribution < -0.4 is 14.8 Å². The molecule has 3 amide bonds. The maximum absolute atomic E-state index is 13.0. The summed E-state index contributed by atoms with van der Waals surface area (Å²) in [6.07, 6.45) is -3.14. The molecule has 3 rings (SSSR count). The Hall–Kier alpha value is -2.99. The van der Waals surface area contributed by atoms with Crippen LogP contribution in [0.3, 0.4) is 0 Å². The molecule has 7 nitrogen and oxygen atoms in total. The van der Waals surface area contributed by atoms with E-state index < -0.39 is 35.3 Å². The van der Waals surface area contributed by atoms with E-state index in [1.165, 1.54) is 20.3 Å². The molecule has 1 saturated heterocycles. The van der Waals surface area contributed by atoms with E-state index in [1.807, 2.05) is 0 Å². The average Bonchev–Trinajstić information content (AvgIpc) is 3.00. The molecule has 0 spiro atoms. The van der Waals surface area contributed by atoms with Crippen molar-refractivity contribution < 1.29 is 37.0 Å². The Labute approximate surface area is 199 Å². The highest BCUT2D eigenvalue weighted by atomic mass is 79.9. The van der Waals surface area contributed by atoms with Gasteiger partial charge >= 0.3 is 6.18 Å². The molecule has 0 aliphatic carbocycles. The van der Waals surface area contributed by atoms with Crippen molar-refractivity contribution in [3.05, 3.63) is 56.9 Å².